The average molecular weight is 404 g/mol. The molecule has 0 aromatic heterocycles. The highest BCUT2D eigenvalue weighted by atomic mass is 19.1. The first-order chi connectivity index (χ1) is 14.5. The van der Waals surface area contributed by atoms with Crippen molar-refractivity contribution in [2.24, 2.45) is 22.1 Å². The maximum Gasteiger partial charge on any atom is 0.283 e. The first kappa shape index (κ1) is 19.0. The van der Waals surface area contributed by atoms with Crippen LogP contribution in [0.25, 0.3) is 5.57 Å². The van der Waals surface area contributed by atoms with E-state index in [2.05, 4.69) is 30.9 Å². The van der Waals surface area contributed by atoms with Gasteiger partial charge in [0.15, 0.2) is 0 Å². The highest BCUT2D eigenvalue weighted by molar-refractivity contribution is 5.79. The number of benzene rings is 1. The molecule has 4 aliphatic rings. The van der Waals surface area contributed by atoms with Crippen molar-refractivity contribution in [1.82, 2.24) is 0 Å². The van der Waals surface area contributed by atoms with E-state index >= 15 is 4.39 Å². The summed E-state index contributed by atoms with van der Waals surface area (Å²) < 4.78 is 26.9. The highest BCUT2D eigenvalue weighted by Gasteiger charge is 2.66. The predicted octanol–water partition coefficient (Wildman–Crippen LogP) is 4.47. The van der Waals surface area contributed by atoms with Crippen molar-refractivity contribution < 1.29 is 13.9 Å². The average Bonchev–Trinajstić information content (AvgIpc) is 3.38. The molecule has 4 nitrogen and oxygen atoms in total. The smallest absolute Gasteiger partial charge is 0.283 e. The van der Waals surface area contributed by atoms with Gasteiger partial charge < -0.3 is 15.2 Å². The molecule has 2 atom stereocenters. The molecule has 0 bridgehead atoms. The fraction of sp³-hybridized carbons (Fsp3) is 0.400. The van der Waals surface area contributed by atoms with E-state index in [-0.39, 0.29) is 23.2 Å². The number of hydrogen-bond donors (Lipinski definition) is 1. The second-order valence-corrected chi connectivity index (χ2v) is 8.71. The highest BCUT2D eigenvalue weighted by Crippen LogP contribution is 2.65. The van der Waals surface area contributed by atoms with Gasteiger partial charge in [0.25, 0.3) is 6.02 Å². The maximum absolute atomic E-state index is 15.3. The minimum Gasteiger partial charge on any atom is -0.492 e. The lowest BCUT2D eigenvalue weighted by Gasteiger charge is -2.39. The van der Waals surface area contributed by atoms with Crippen molar-refractivity contribution in [3.05, 3.63) is 59.0 Å². The summed E-state index contributed by atoms with van der Waals surface area (Å²) in [5.74, 6) is 6.55. The lowest BCUT2D eigenvalue weighted by Crippen LogP contribution is -2.44. The summed E-state index contributed by atoms with van der Waals surface area (Å²) in [6.07, 6.45) is 11.1. The van der Waals surface area contributed by atoms with Crippen molar-refractivity contribution in [1.29, 1.82) is 0 Å². The lowest BCUT2D eigenvalue weighted by molar-refractivity contribution is 0.0866. The molecular formula is C25H25FN2O2. The number of nitrogens with zero attached hydrogens (tertiary/aromatic N) is 1. The van der Waals surface area contributed by atoms with Gasteiger partial charge in [-0.15, -0.1) is 5.92 Å². The normalized spacial score (nSPS) is 28.1. The molecule has 0 amide bonds. The van der Waals surface area contributed by atoms with Crippen LogP contribution >= 0.6 is 0 Å². The number of fused-ring (bicyclic) bond motifs is 3. The second kappa shape index (κ2) is 6.77. The Bertz CT molecular complexity index is 1100. The summed E-state index contributed by atoms with van der Waals surface area (Å²) in [7, 11) is 0. The lowest BCUT2D eigenvalue weighted by atomic mass is 9.74. The molecule has 1 aromatic carbocycles. The Kier molecular flexibility index (Phi) is 4.28. The molecule has 2 spiro atoms. The Hall–Kier alpha value is -3.00. The van der Waals surface area contributed by atoms with Crippen LogP contribution in [0.5, 0.6) is 5.75 Å². The molecule has 5 rings (SSSR count). The predicted molar refractivity (Wildman–Crippen MR) is 115 cm³/mol. The Balaban J connectivity index is 1.69. The summed E-state index contributed by atoms with van der Waals surface area (Å²) in [6, 6.07) is 3.58. The van der Waals surface area contributed by atoms with E-state index in [0.29, 0.717) is 24.5 Å². The third kappa shape index (κ3) is 2.86. The molecular weight excluding hydrogens is 379 g/mol. The molecule has 5 heteroatoms. The van der Waals surface area contributed by atoms with E-state index < -0.39 is 5.54 Å². The molecule has 2 unspecified atom stereocenters. The van der Waals surface area contributed by atoms with Crippen molar-refractivity contribution in [2.45, 2.75) is 38.6 Å². The number of amidine groups is 1. The molecule has 1 saturated carbocycles. The van der Waals surface area contributed by atoms with Gasteiger partial charge >= 0.3 is 0 Å². The largest absolute Gasteiger partial charge is 0.492 e. The van der Waals surface area contributed by atoms with Gasteiger partial charge in [-0.3, -0.25) is 0 Å². The summed E-state index contributed by atoms with van der Waals surface area (Å²) >= 11 is 0. The number of rotatable bonds is 1. The molecule has 2 N–H and O–H groups in total. The molecule has 2 aliphatic carbocycles. The zero-order valence-corrected chi connectivity index (χ0v) is 17.3. The number of nitrogens with two attached hydrogens (primary N) is 1. The monoisotopic (exact) mass is 404 g/mol. The molecule has 0 saturated heterocycles. The van der Waals surface area contributed by atoms with Gasteiger partial charge in [0.2, 0.25) is 0 Å². The van der Waals surface area contributed by atoms with Crippen LogP contribution in [-0.4, -0.2) is 19.2 Å². The summed E-state index contributed by atoms with van der Waals surface area (Å²) in [5, 5.41) is 0. The van der Waals surface area contributed by atoms with E-state index in [1.54, 1.807) is 6.92 Å². The SMILES string of the molecule is CC#CC1=CC(c2cc3c(cc2F)OCC2(CC2)C32COC(N)=N2)=CC(C)CC=C1. The van der Waals surface area contributed by atoms with Crippen LogP contribution in [0, 0.1) is 29.0 Å². The summed E-state index contributed by atoms with van der Waals surface area (Å²) in [4.78, 5) is 4.75. The quantitative estimate of drug-likeness (QED) is 0.703. The fourth-order valence-corrected chi connectivity index (χ4v) is 4.83. The van der Waals surface area contributed by atoms with E-state index in [1.165, 1.54) is 6.07 Å². The van der Waals surface area contributed by atoms with Gasteiger partial charge in [-0.2, -0.15) is 0 Å². The van der Waals surface area contributed by atoms with Crippen LogP contribution in [0.4, 0.5) is 4.39 Å². The number of allylic oxidation sites excluding steroid dienone is 6. The van der Waals surface area contributed by atoms with Gasteiger partial charge in [-0.25, -0.2) is 9.38 Å². The number of hydrogen-bond acceptors (Lipinski definition) is 4. The Morgan fingerprint density at radius 3 is 2.77 bits per heavy atom. The Morgan fingerprint density at radius 1 is 1.23 bits per heavy atom. The first-order valence-electron chi connectivity index (χ1n) is 10.4. The fourth-order valence-electron chi connectivity index (χ4n) is 4.83. The molecule has 2 heterocycles. The first-order valence-corrected chi connectivity index (χ1v) is 10.4. The van der Waals surface area contributed by atoms with Crippen LogP contribution < -0.4 is 10.5 Å². The van der Waals surface area contributed by atoms with E-state index in [9.17, 15) is 0 Å². The van der Waals surface area contributed by atoms with Crippen LogP contribution in [0.2, 0.25) is 0 Å². The van der Waals surface area contributed by atoms with E-state index in [1.807, 2.05) is 18.2 Å². The summed E-state index contributed by atoms with van der Waals surface area (Å²) in [6.45, 7) is 4.82. The number of halogens is 1. The second-order valence-electron chi connectivity index (χ2n) is 8.71. The summed E-state index contributed by atoms with van der Waals surface area (Å²) in [5.41, 5.74) is 8.31. The molecule has 0 radical (unpaired) electrons. The van der Waals surface area contributed by atoms with Crippen molar-refractivity contribution >= 4 is 11.6 Å². The molecule has 154 valence electrons. The van der Waals surface area contributed by atoms with Crippen LogP contribution in [0.15, 0.2) is 47.0 Å². The van der Waals surface area contributed by atoms with Crippen LogP contribution in [0.1, 0.15) is 44.2 Å². The van der Waals surface area contributed by atoms with Gasteiger partial charge in [0, 0.05) is 28.2 Å². The molecule has 1 fully saturated rings. The Morgan fingerprint density at radius 2 is 2.07 bits per heavy atom. The van der Waals surface area contributed by atoms with E-state index in [0.717, 1.165) is 36.0 Å². The van der Waals surface area contributed by atoms with Crippen LogP contribution in [0.3, 0.4) is 0 Å². The van der Waals surface area contributed by atoms with Gasteiger partial charge in [0.1, 0.15) is 23.7 Å². The maximum atomic E-state index is 15.3. The number of ether oxygens (including phenoxy) is 2. The molecule has 30 heavy (non-hydrogen) atoms. The minimum absolute atomic E-state index is 0.115. The number of aliphatic imine (C=N–C) groups is 1. The topological polar surface area (TPSA) is 56.8 Å². The van der Waals surface area contributed by atoms with Gasteiger partial charge in [0.05, 0.1) is 6.61 Å². The zero-order valence-electron chi connectivity index (χ0n) is 17.3. The standard InChI is InChI=1S/C25H25FN2O2/c1-3-5-17-7-4-6-16(2)10-18(11-17)19-12-20-22(13-21(19)26)29-14-24(8-9-24)25(20)15-30-23(27)28-25/h4,7,10-13,16H,6,8-9,14-15H2,1-2H3,(H2,27,28). The van der Waals surface area contributed by atoms with Crippen molar-refractivity contribution in [2.75, 3.05) is 13.2 Å². The van der Waals surface area contributed by atoms with Crippen molar-refractivity contribution in [3.8, 4) is 17.6 Å². The zero-order chi connectivity index (χ0) is 20.9. The molecule has 2 aliphatic heterocycles. The minimum atomic E-state index is -0.601. The van der Waals surface area contributed by atoms with Gasteiger partial charge in [-0.1, -0.05) is 31.1 Å². The Labute approximate surface area is 176 Å². The van der Waals surface area contributed by atoms with Crippen molar-refractivity contribution in [3.63, 3.8) is 0 Å². The third-order valence-corrected chi connectivity index (χ3v) is 6.64. The third-order valence-electron chi connectivity index (χ3n) is 6.64. The van der Waals surface area contributed by atoms with Crippen LogP contribution in [-0.2, 0) is 10.3 Å². The molecule has 1 aromatic rings. The van der Waals surface area contributed by atoms with Gasteiger partial charge in [-0.05, 0) is 49.8 Å². The van der Waals surface area contributed by atoms with E-state index in [4.69, 9.17) is 20.2 Å².